The van der Waals surface area contributed by atoms with Gasteiger partial charge in [0.1, 0.15) is 0 Å². The zero-order chi connectivity index (χ0) is 14.8. The Bertz CT molecular complexity index is 453. The summed E-state index contributed by atoms with van der Waals surface area (Å²) in [6.07, 6.45) is 6.49. The summed E-state index contributed by atoms with van der Waals surface area (Å²) in [4.78, 5) is 12.3. The van der Waals surface area contributed by atoms with Crippen molar-refractivity contribution in [1.29, 1.82) is 0 Å². The van der Waals surface area contributed by atoms with Crippen molar-refractivity contribution in [2.24, 2.45) is 5.92 Å². The molecule has 0 spiro atoms. The summed E-state index contributed by atoms with van der Waals surface area (Å²) in [6.45, 7) is 8.11. The van der Waals surface area contributed by atoms with Crippen LogP contribution in [0.1, 0.15) is 37.0 Å². The molecule has 1 aromatic rings. The molecule has 1 unspecified atom stereocenters. The number of hydrogen-bond donors (Lipinski definition) is 0. The third-order valence-corrected chi connectivity index (χ3v) is 6.40. The van der Waals surface area contributed by atoms with Crippen molar-refractivity contribution in [1.82, 2.24) is 0 Å². The molecule has 0 amide bonds. The first-order valence-corrected chi connectivity index (χ1v) is 9.61. The van der Waals surface area contributed by atoms with E-state index in [0.29, 0.717) is 5.92 Å². The Morgan fingerprint density at radius 1 is 1.40 bits per heavy atom. The number of unbranched alkanes of at least 4 members (excludes halogenated alkanes) is 1. The first kappa shape index (κ1) is 17.3. The predicted octanol–water partition coefficient (Wildman–Crippen LogP) is 4.73. The summed E-state index contributed by atoms with van der Waals surface area (Å²) in [5.74, 6) is 1.42. The number of thioether (sulfide) groups is 1. The van der Waals surface area contributed by atoms with Gasteiger partial charge in [-0.25, -0.2) is 0 Å². The molecule has 0 saturated carbocycles. The van der Waals surface area contributed by atoms with Gasteiger partial charge in [0.05, 0.1) is 0 Å². The topological polar surface area (TPSA) is 17.1 Å². The Kier molecular flexibility index (Phi) is 8.68. The summed E-state index contributed by atoms with van der Waals surface area (Å²) >= 11 is 1.71. The van der Waals surface area contributed by atoms with E-state index < -0.39 is 0 Å². The van der Waals surface area contributed by atoms with Crippen LogP contribution >= 0.6 is 11.8 Å². The Balaban J connectivity index is 2.70. The van der Waals surface area contributed by atoms with E-state index >= 15 is 0 Å². The van der Waals surface area contributed by atoms with E-state index in [1.807, 2.05) is 48.2 Å². The molecule has 3 heteroatoms. The van der Waals surface area contributed by atoms with Crippen molar-refractivity contribution in [3.63, 3.8) is 0 Å². The van der Waals surface area contributed by atoms with E-state index in [-0.39, 0.29) is 19.6 Å². The fourth-order valence-corrected chi connectivity index (χ4v) is 5.24. The molecule has 0 radical (unpaired) electrons. The zero-order valence-electron chi connectivity index (χ0n) is 12.2. The Morgan fingerprint density at radius 2 is 2.10 bits per heavy atom. The second-order valence-corrected chi connectivity index (χ2v) is 8.39. The van der Waals surface area contributed by atoms with E-state index in [1.54, 1.807) is 0 Å². The second kappa shape index (κ2) is 10.0. The van der Waals surface area contributed by atoms with Crippen LogP contribution in [0.3, 0.4) is 0 Å². The average Bonchev–Trinajstić information content (AvgIpc) is 2.48. The van der Waals surface area contributed by atoms with Crippen molar-refractivity contribution in [3.05, 3.63) is 58.4 Å². The molecule has 0 bridgehead atoms. The first-order valence-electron chi connectivity index (χ1n) is 6.91. The maximum atomic E-state index is 12.3. The van der Waals surface area contributed by atoms with Crippen LogP contribution in [-0.2, 0) is 0 Å². The first-order chi connectivity index (χ1) is 9.67. The molecule has 1 aromatic carbocycles. The van der Waals surface area contributed by atoms with Gasteiger partial charge in [0.15, 0.2) is 0 Å². The zero-order valence-corrected chi connectivity index (χ0v) is 14.7. The summed E-state index contributed by atoms with van der Waals surface area (Å²) in [6, 6.07) is 9.58. The van der Waals surface area contributed by atoms with Crippen LogP contribution in [0.15, 0.2) is 52.9 Å². The molecule has 0 aromatic heterocycles. The number of hydrogen-bond acceptors (Lipinski definition) is 2. The van der Waals surface area contributed by atoms with Crippen molar-refractivity contribution in [2.45, 2.75) is 26.7 Å². The molecule has 0 heterocycles. The normalized spacial score (nSPS) is 13.0. The number of benzene rings is 1. The Labute approximate surface area is 133 Å². The number of carbonyl (C=O) groups is 1. The molecule has 1 nitrogen and oxygen atoms in total. The predicted molar refractivity (Wildman–Crippen MR) is 91.3 cm³/mol. The molecular weight excluding hydrogens is 331 g/mol. The van der Waals surface area contributed by atoms with Gasteiger partial charge in [-0.3, -0.25) is 0 Å². The van der Waals surface area contributed by atoms with Gasteiger partial charge in [-0.15, -0.1) is 0 Å². The van der Waals surface area contributed by atoms with Crippen molar-refractivity contribution < 1.29 is 4.79 Å². The second-order valence-electron chi connectivity index (χ2n) is 4.54. The van der Waals surface area contributed by atoms with Gasteiger partial charge in [-0.05, 0) is 0 Å². The van der Waals surface area contributed by atoms with Crippen molar-refractivity contribution >= 4 is 31.4 Å². The molecular formula is C17H22OSSe. The van der Waals surface area contributed by atoms with Crippen LogP contribution in [0.5, 0.6) is 0 Å². The van der Waals surface area contributed by atoms with Crippen molar-refractivity contribution in [2.75, 3.05) is 5.75 Å². The maximum absolute atomic E-state index is 12.3. The van der Waals surface area contributed by atoms with Crippen LogP contribution in [-0.4, -0.2) is 25.4 Å². The summed E-state index contributed by atoms with van der Waals surface area (Å²) in [5.41, 5.74) is 0.820. The minimum absolute atomic E-state index is 0.128. The van der Waals surface area contributed by atoms with E-state index in [4.69, 9.17) is 0 Å². The van der Waals surface area contributed by atoms with Gasteiger partial charge >= 0.3 is 133 Å². The third kappa shape index (κ3) is 6.60. The van der Waals surface area contributed by atoms with Crippen LogP contribution in [0.4, 0.5) is 0 Å². The third-order valence-electron chi connectivity index (χ3n) is 2.72. The van der Waals surface area contributed by atoms with Gasteiger partial charge in [0.2, 0.25) is 0 Å². The fourth-order valence-electron chi connectivity index (χ4n) is 1.44. The molecule has 20 heavy (non-hydrogen) atoms. The Hall–Kier alpha value is -0.761. The Morgan fingerprint density at radius 3 is 2.70 bits per heavy atom. The molecule has 0 aliphatic heterocycles. The van der Waals surface area contributed by atoms with Crippen LogP contribution in [0, 0.1) is 5.92 Å². The summed E-state index contributed by atoms with van der Waals surface area (Å²) in [5, 5.41) is 0. The quantitative estimate of drug-likeness (QED) is 0.363. The van der Waals surface area contributed by atoms with Gasteiger partial charge in [-0.1, -0.05) is 0 Å². The minimum atomic E-state index is -0.128. The van der Waals surface area contributed by atoms with Crippen LogP contribution < -0.4 is 0 Å². The molecule has 1 rings (SSSR count). The van der Waals surface area contributed by atoms with Crippen LogP contribution in [0.25, 0.3) is 0 Å². The van der Waals surface area contributed by atoms with Gasteiger partial charge < -0.3 is 0 Å². The SMILES string of the molecule is C=CC(C)/C=C(/SCCCC)[Se]C(=O)c1ccccc1. The summed E-state index contributed by atoms with van der Waals surface area (Å²) < 4.78 is 1.48. The molecule has 1 atom stereocenters. The molecule has 108 valence electrons. The molecule has 0 N–H and O–H groups in total. The number of allylic oxidation sites excluding steroid dienone is 2. The number of carbonyl (C=O) groups excluding carboxylic acids is 1. The fraction of sp³-hybridized carbons (Fsp3) is 0.353. The van der Waals surface area contributed by atoms with E-state index in [9.17, 15) is 4.79 Å². The van der Waals surface area contributed by atoms with Gasteiger partial charge in [0.25, 0.3) is 0 Å². The molecule has 0 saturated heterocycles. The molecule has 0 aliphatic carbocycles. The van der Waals surface area contributed by atoms with E-state index in [1.165, 1.54) is 16.6 Å². The monoisotopic (exact) mass is 354 g/mol. The molecule has 0 fully saturated rings. The standard InChI is InChI=1S/C17H22OSSe/c1-4-6-12-19-16(13-14(3)5-2)20-17(18)15-10-8-7-9-11-15/h5,7-11,13-14H,2,4,6,12H2,1,3H3/b16-13-. The summed E-state index contributed by atoms with van der Waals surface area (Å²) in [7, 11) is 0. The van der Waals surface area contributed by atoms with Gasteiger partial charge in [0, 0.05) is 0 Å². The van der Waals surface area contributed by atoms with Crippen LogP contribution in [0.2, 0.25) is 0 Å². The van der Waals surface area contributed by atoms with Gasteiger partial charge in [-0.2, -0.15) is 0 Å². The van der Waals surface area contributed by atoms with E-state index in [2.05, 4.69) is 26.5 Å². The average molecular weight is 353 g/mol. The number of rotatable bonds is 9. The van der Waals surface area contributed by atoms with E-state index in [0.717, 1.165) is 11.3 Å². The van der Waals surface area contributed by atoms with Crippen molar-refractivity contribution in [3.8, 4) is 0 Å². The molecule has 0 aliphatic rings.